The lowest BCUT2D eigenvalue weighted by atomic mass is 10.2. The van der Waals surface area contributed by atoms with E-state index in [9.17, 15) is 4.79 Å². The van der Waals surface area contributed by atoms with Crippen LogP contribution in [0.5, 0.6) is 0 Å². The molecule has 2 fully saturated rings. The van der Waals surface area contributed by atoms with Crippen LogP contribution in [0.1, 0.15) is 25.1 Å². The number of carbonyl (C=O) groups excluding carboxylic acids is 1. The monoisotopic (exact) mass is 360 g/mol. The first-order valence-corrected chi connectivity index (χ1v) is 9.14. The standard InChI is InChI=1S/C18H21ClN4O2/c19-15-3-1-2-14(11-15)18-20-16(21-25-18)12-22-6-8-23(9-7-22)17(24)10-13-4-5-13/h1-3,11,13H,4-10,12H2. The van der Waals surface area contributed by atoms with Gasteiger partial charge in [0.15, 0.2) is 5.82 Å². The van der Waals surface area contributed by atoms with Gasteiger partial charge >= 0.3 is 0 Å². The Bertz CT molecular complexity index is 751. The minimum absolute atomic E-state index is 0.310. The molecule has 2 heterocycles. The van der Waals surface area contributed by atoms with Gasteiger partial charge in [0.1, 0.15) is 0 Å². The van der Waals surface area contributed by atoms with Crippen molar-refractivity contribution in [3.8, 4) is 11.5 Å². The minimum atomic E-state index is 0.310. The van der Waals surface area contributed by atoms with E-state index in [1.807, 2.05) is 29.2 Å². The third-order valence-corrected chi connectivity index (χ3v) is 5.02. The van der Waals surface area contributed by atoms with Crippen LogP contribution in [-0.2, 0) is 11.3 Å². The number of hydrogen-bond acceptors (Lipinski definition) is 5. The maximum Gasteiger partial charge on any atom is 0.258 e. The van der Waals surface area contributed by atoms with E-state index < -0.39 is 0 Å². The summed E-state index contributed by atoms with van der Waals surface area (Å²) in [6.07, 6.45) is 3.17. The molecule has 1 aromatic heterocycles. The Balaban J connectivity index is 1.31. The molecule has 132 valence electrons. The molecule has 2 aromatic rings. The van der Waals surface area contributed by atoms with E-state index in [4.69, 9.17) is 16.1 Å². The summed E-state index contributed by atoms with van der Waals surface area (Å²) in [5.41, 5.74) is 0.821. The first-order chi connectivity index (χ1) is 12.2. The second kappa shape index (κ2) is 7.14. The van der Waals surface area contributed by atoms with Crippen molar-refractivity contribution >= 4 is 17.5 Å². The molecule has 25 heavy (non-hydrogen) atoms. The second-order valence-corrected chi connectivity index (χ2v) is 7.27. The maximum absolute atomic E-state index is 12.2. The number of carbonyl (C=O) groups is 1. The van der Waals surface area contributed by atoms with Crippen molar-refractivity contribution in [2.24, 2.45) is 5.92 Å². The van der Waals surface area contributed by atoms with E-state index in [2.05, 4.69) is 15.0 Å². The summed E-state index contributed by atoms with van der Waals surface area (Å²) in [6.45, 7) is 3.89. The first-order valence-electron chi connectivity index (χ1n) is 8.76. The molecule has 4 rings (SSSR count). The molecule has 0 spiro atoms. The van der Waals surface area contributed by atoms with E-state index in [-0.39, 0.29) is 0 Å². The van der Waals surface area contributed by atoms with Crippen molar-refractivity contribution in [2.45, 2.75) is 25.8 Å². The summed E-state index contributed by atoms with van der Waals surface area (Å²) in [5, 5.41) is 4.71. The smallest absolute Gasteiger partial charge is 0.258 e. The number of benzene rings is 1. The number of aromatic nitrogens is 2. The van der Waals surface area contributed by atoms with E-state index in [1.54, 1.807) is 0 Å². The highest BCUT2D eigenvalue weighted by Gasteiger charge is 2.28. The van der Waals surface area contributed by atoms with Gasteiger partial charge in [0, 0.05) is 43.2 Å². The van der Waals surface area contributed by atoms with E-state index in [1.165, 1.54) is 12.8 Å². The van der Waals surface area contributed by atoms with Crippen LogP contribution in [0, 0.1) is 5.92 Å². The third-order valence-electron chi connectivity index (χ3n) is 4.79. The molecule has 0 unspecified atom stereocenters. The van der Waals surface area contributed by atoms with Gasteiger partial charge in [-0.15, -0.1) is 0 Å². The predicted octanol–water partition coefficient (Wildman–Crippen LogP) is 2.83. The van der Waals surface area contributed by atoms with Gasteiger partial charge in [0.05, 0.1) is 6.54 Å². The summed E-state index contributed by atoms with van der Waals surface area (Å²) in [5.74, 6) is 2.10. The van der Waals surface area contributed by atoms with Crippen LogP contribution in [0.2, 0.25) is 5.02 Å². The summed E-state index contributed by atoms with van der Waals surface area (Å²) in [7, 11) is 0. The zero-order chi connectivity index (χ0) is 17.2. The molecule has 2 aliphatic rings. The number of halogens is 1. The Labute approximate surface area is 151 Å². The zero-order valence-electron chi connectivity index (χ0n) is 14.0. The molecule has 0 bridgehead atoms. The predicted molar refractivity (Wildman–Crippen MR) is 93.9 cm³/mol. The highest BCUT2D eigenvalue weighted by atomic mass is 35.5. The third kappa shape index (κ3) is 4.19. The van der Waals surface area contributed by atoms with Crippen molar-refractivity contribution in [2.75, 3.05) is 26.2 Å². The molecule has 1 aromatic carbocycles. The molecule has 0 N–H and O–H groups in total. The van der Waals surface area contributed by atoms with Crippen LogP contribution in [0.4, 0.5) is 0 Å². The average Bonchev–Trinajstić information content (AvgIpc) is 3.30. The topological polar surface area (TPSA) is 62.5 Å². The molecule has 6 nitrogen and oxygen atoms in total. The lowest BCUT2D eigenvalue weighted by Gasteiger charge is -2.34. The van der Waals surface area contributed by atoms with Crippen LogP contribution in [-0.4, -0.2) is 52.0 Å². The summed E-state index contributed by atoms with van der Waals surface area (Å²) in [6, 6.07) is 7.38. The van der Waals surface area contributed by atoms with Gasteiger partial charge in [-0.25, -0.2) is 0 Å². The fourth-order valence-corrected chi connectivity index (χ4v) is 3.30. The number of hydrogen-bond donors (Lipinski definition) is 0. The normalized spacial score (nSPS) is 18.5. The number of nitrogens with zero attached hydrogens (tertiary/aromatic N) is 4. The minimum Gasteiger partial charge on any atom is -0.340 e. The number of piperazine rings is 1. The quantitative estimate of drug-likeness (QED) is 0.820. The average molecular weight is 361 g/mol. The largest absolute Gasteiger partial charge is 0.340 e. The lowest BCUT2D eigenvalue weighted by molar-refractivity contribution is -0.133. The van der Waals surface area contributed by atoms with Crippen LogP contribution in [0.3, 0.4) is 0 Å². The fourth-order valence-electron chi connectivity index (χ4n) is 3.11. The molecule has 0 atom stereocenters. The first kappa shape index (κ1) is 16.5. The second-order valence-electron chi connectivity index (χ2n) is 6.83. The highest BCUT2D eigenvalue weighted by molar-refractivity contribution is 6.30. The van der Waals surface area contributed by atoms with Crippen LogP contribution in [0.25, 0.3) is 11.5 Å². The SMILES string of the molecule is O=C(CC1CC1)N1CCN(Cc2noc(-c3cccc(Cl)c3)n2)CC1. The van der Waals surface area contributed by atoms with Gasteiger partial charge in [-0.05, 0) is 37.0 Å². The molecule has 1 amide bonds. The van der Waals surface area contributed by atoms with Crippen LogP contribution in [0.15, 0.2) is 28.8 Å². The molecular formula is C18H21ClN4O2. The van der Waals surface area contributed by atoms with Crippen molar-refractivity contribution in [3.63, 3.8) is 0 Å². The Morgan fingerprint density at radius 2 is 2.04 bits per heavy atom. The summed E-state index contributed by atoms with van der Waals surface area (Å²) in [4.78, 5) is 20.9. The number of amides is 1. The van der Waals surface area contributed by atoms with E-state index in [0.29, 0.717) is 35.1 Å². The molecule has 1 saturated carbocycles. The zero-order valence-corrected chi connectivity index (χ0v) is 14.8. The Kier molecular flexibility index (Phi) is 4.72. The van der Waals surface area contributed by atoms with Crippen molar-refractivity contribution < 1.29 is 9.32 Å². The Hall–Kier alpha value is -1.92. The van der Waals surface area contributed by atoms with Crippen LogP contribution >= 0.6 is 11.6 Å². The lowest BCUT2D eigenvalue weighted by Crippen LogP contribution is -2.48. The fraction of sp³-hybridized carbons (Fsp3) is 0.500. The van der Waals surface area contributed by atoms with Gasteiger partial charge in [0.25, 0.3) is 5.89 Å². The van der Waals surface area contributed by atoms with Crippen LogP contribution < -0.4 is 0 Å². The van der Waals surface area contributed by atoms with Crippen molar-refractivity contribution in [1.29, 1.82) is 0 Å². The molecular weight excluding hydrogens is 340 g/mol. The van der Waals surface area contributed by atoms with E-state index >= 15 is 0 Å². The van der Waals surface area contributed by atoms with Crippen molar-refractivity contribution in [3.05, 3.63) is 35.1 Å². The van der Waals surface area contributed by atoms with Gasteiger partial charge < -0.3 is 9.42 Å². The highest BCUT2D eigenvalue weighted by Crippen LogP contribution is 2.33. The Morgan fingerprint density at radius 1 is 1.24 bits per heavy atom. The summed E-state index contributed by atoms with van der Waals surface area (Å²) >= 11 is 6.00. The molecule has 1 saturated heterocycles. The number of rotatable bonds is 5. The molecule has 7 heteroatoms. The molecule has 1 aliphatic heterocycles. The van der Waals surface area contributed by atoms with Gasteiger partial charge in [0.2, 0.25) is 5.91 Å². The molecule has 1 aliphatic carbocycles. The van der Waals surface area contributed by atoms with Gasteiger partial charge in [-0.1, -0.05) is 22.8 Å². The van der Waals surface area contributed by atoms with Gasteiger partial charge in [-0.2, -0.15) is 4.98 Å². The maximum atomic E-state index is 12.2. The Morgan fingerprint density at radius 3 is 2.76 bits per heavy atom. The van der Waals surface area contributed by atoms with Crippen molar-refractivity contribution in [1.82, 2.24) is 19.9 Å². The molecule has 0 radical (unpaired) electrons. The van der Waals surface area contributed by atoms with E-state index in [0.717, 1.165) is 38.2 Å². The summed E-state index contributed by atoms with van der Waals surface area (Å²) < 4.78 is 5.35. The van der Waals surface area contributed by atoms with Gasteiger partial charge in [-0.3, -0.25) is 9.69 Å².